The van der Waals surface area contributed by atoms with Gasteiger partial charge in [0.05, 0.1) is 37.0 Å². The summed E-state index contributed by atoms with van der Waals surface area (Å²) in [7, 11) is 0. The van der Waals surface area contributed by atoms with E-state index in [0.717, 1.165) is 22.5 Å². The fourth-order valence-electron chi connectivity index (χ4n) is 5.87. The zero-order valence-electron chi connectivity index (χ0n) is 24.2. The maximum Gasteiger partial charge on any atom is 0.412 e. The Morgan fingerprint density at radius 2 is 2.00 bits per heavy atom. The summed E-state index contributed by atoms with van der Waals surface area (Å²) in [5.41, 5.74) is 2.23. The molecule has 1 aliphatic carbocycles. The highest BCUT2D eigenvalue weighted by Gasteiger charge is 2.33. The van der Waals surface area contributed by atoms with Crippen LogP contribution in [0.3, 0.4) is 0 Å². The van der Waals surface area contributed by atoms with Crippen LogP contribution in [0.15, 0.2) is 42.9 Å². The number of amides is 1. The predicted molar refractivity (Wildman–Crippen MR) is 153 cm³/mol. The van der Waals surface area contributed by atoms with Crippen LogP contribution in [0.25, 0.3) is 22.2 Å². The van der Waals surface area contributed by atoms with E-state index in [9.17, 15) is 18.7 Å². The zero-order valence-corrected chi connectivity index (χ0v) is 24.2. The number of rotatable bonds is 8. The SMILES string of the molecule is CCN(C(=O)O)c1cc2c(cn1)c(-c1cnn(C[C@@H]3COC(C)(C)O3)c1)nn2C1CCC(Oc2cccc(F)c2F)CC1. The lowest BCUT2D eigenvalue weighted by atomic mass is 9.93. The van der Waals surface area contributed by atoms with Crippen LogP contribution in [0, 0.1) is 11.6 Å². The van der Waals surface area contributed by atoms with E-state index in [2.05, 4.69) is 10.1 Å². The van der Waals surface area contributed by atoms with Gasteiger partial charge in [-0.05, 0) is 58.6 Å². The number of carbonyl (C=O) groups is 1. The zero-order chi connectivity index (χ0) is 30.3. The second-order valence-corrected chi connectivity index (χ2v) is 11.4. The number of nitrogens with zero attached hydrogens (tertiary/aromatic N) is 6. The van der Waals surface area contributed by atoms with Crippen LogP contribution in [0.4, 0.5) is 19.4 Å². The van der Waals surface area contributed by atoms with Crippen molar-refractivity contribution in [1.29, 1.82) is 0 Å². The first kappa shape index (κ1) is 29.0. The van der Waals surface area contributed by atoms with Crippen molar-refractivity contribution in [3.63, 3.8) is 0 Å². The van der Waals surface area contributed by atoms with Gasteiger partial charge < -0.3 is 19.3 Å². The maximum atomic E-state index is 14.2. The molecule has 1 N–H and O–H groups in total. The van der Waals surface area contributed by atoms with Crippen molar-refractivity contribution in [1.82, 2.24) is 24.5 Å². The third kappa shape index (κ3) is 5.91. The van der Waals surface area contributed by atoms with Crippen LogP contribution in [-0.4, -0.2) is 66.9 Å². The summed E-state index contributed by atoms with van der Waals surface area (Å²) in [6, 6.07) is 5.65. The molecule has 0 radical (unpaired) electrons. The topological polar surface area (TPSA) is 117 Å². The molecular weight excluding hydrogens is 562 g/mol. The first-order chi connectivity index (χ1) is 20.6. The van der Waals surface area contributed by atoms with E-state index in [0.29, 0.717) is 50.3 Å². The van der Waals surface area contributed by atoms with Crippen LogP contribution in [0.2, 0.25) is 0 Å². The van der Waals surface area contributed by atoms with Gasteiger partial charge in [0.2, 0.25) is 5.82 Å². The Morgan fingerprint density at radius 1 is 1.21 bits per heavy atom. The van der Waals surface area contributed by atoms with Gasteiger partial charge in [0.25, 0.3) is 0 Å². The molecule has 0 bridgehead atoms. The first-order valence-corrected chi connectivity index (χ1v) is 14.5. The summed E-state index contributed by atoms with van der Waals surface area (Å²) in [6.07, 6.45) is 6.41. The maximum absolute atomic E-state index is 14.2. The van der Waals surface area contributed by atoms with Gasteiger partial charge in [0.1, 0.15) is 17.6 Å². The highest BCUT2D eigenvalue weighted by molar-refractivity contribution is 5.95. The lowest BCUT2D eigenvalue weighted by molar-refractivity contribution is -0.139. The van der Waals surface area contributed by atoms with Crippen molar-refractivity contribution >= 4 is 22.8 Å². The summed E-state index contributed by atoms with van der Waals surface area (Å²) < 4.78 is 49.0. The molecule has 228 valence electrons. The van der Waals surface area contributed by atoms with Crippen molar-refractivity contribution < 1.29 is 32.9 Å². The molecule has 11 nitrogen and oxygen atoms in total. The summed E-state index contributed by atoms with van der Waals surface area (Å²) in [4.78, 5) is 17.5. The highest BCUT2D eigenvalue weighted by atomic mass is 19.2. The molecule has 0 spiro atoms. The van der Waals surface area contributed by atoms with Gasteiger partial charge in [-0.1, -0.05) is 6.07 Å². The minimum Gasteiger partial charge on any atom is -0.487 e. The fourth-order valence-corrected chi connectivity index (χ4v) is 5.87. The van der Waals surface area contributed by atoms with E-state index >= 15 is 0 Å². The fraction of sp³-hybridized carbons (Fsp3) is 0.467. The smallest absolute Gasteiger partial charge is 0.412 e. The van der Waals surface area contributed by atoms with Gasteiger partial charge in [0.15, 0.2) is 17.4 Å². The number of hydrogen-bond donors (Lipinski definition) is 1. The van der Waals surface area contributed by atoms with Gasteiger partial charge in [-0.3, -0.25) is 14.3 Å². The quantitative estimate of drug-likeness (QED) is 0.272. The Morgan fingerprint density at radius 3 is 2.70 bits per heavy atom. The summed E-state index contributed by atoms with van der Waals surface area (Å²) in [6.45, 7) is 6.74. The number of anilines is 1. The van der Waals surface area contributed by atoms with E-state index in [1.807, 2.05) is 24.7 Å². The molecule has 2 fully saturated rings. The van der Waals surface area contributed by atoms with E-state index in [4.69, 9.17) is 19.3 Å². The molecule has 1 saturated carbocycles. The molecule has 1 atom stereocenters. The highest BCUT2D eigenvalue weighted by Crippen LogP contribution is 2.37. The molecule has 4 aromatic rings. The second kappa shape index (κ2) is 11.5. The molecule has 1 saturated heterocycles. The second-order valence-electron chi connectivity index (χ2n) is 11.4. The van der Waals surface area contributed by atoms with Crippen LogP contribution < -0.4 is 9.64 Å². The average Bonchev–Trinajstić information content (AvgIpc) is 3.68. The van der Waals surface area contributed by atoms with Crippen molar-refractivity contribution in [2.45, 2.75) is 77.0 Å². The molecule has 4 heterocycles. The number of aromatic nitrogens is 5. The lowest BCUT2D eigenvalue weighted by Crippen LogP contribution is -2.29. The average molecular weight is 597 g/mol. The van der Waals surface area contributed by atoms with Gasteiger partial charge in [0, 0.05) is 36.0 Å². The van der Waals surface area contributed by atoms with Crippen LogP contribution in [-0.2, 0) is 16.0 Å². The van der Waals surface area contributed by atoms with Crippen LogP contribution >= 0.6 is 0 Å². The first-order valence-electron chi connectivity index (χ1n) is 14.5. The number of hydrogen-bond acceptors (Lipinski definition) is 7. The molecule has 1 aromatic carbocycles. The monoisotopic (exact) mass is 596 g/mol. The van der Waals surface area contributed by atoms with Crippen molar-refractivity contribution in [2.75, 3.05) is 18.1 Å². The van der Waals surface area contributed by atoms with Crippen LogP contribution in [0.5, 0.6) is 5.75 Å². The van der Waals surface area contributed by atoms with Gasteiger partial charge in [-0.2, -0.15) is 14.6 Å². The Hall–Kier alpha value is -4.10. The summed E-state index contributed by atoms with van der Waals surface area (Å²) >= 11 is 0. The minimum absolute atomic E-state index is 0.0232. The summed E-state index contributed by atoms with van der Waals surface area (Å²) in [5.74, 6) is -2.33. The number of benzene rings is 1. The molecule has 0 unspecified atom stereocenters. The number of carboxylic acid groups (broad SMARTS) is 1. The normalized spacial score (nSPS) is 21.7. The number of halogens is 2. The Labute approximate surface area is 247 Å². The minimum atomic E-state index is -1.09. The van der Waals surface area contributed by atoms with Crippen molar-refractivity contribution in [2.24, 2.45) is 0 Å². The van der Waals surface area contributed by atoms with Crippen molar-refractivity contribution in [3.8, 4) is 17.0 Å². The summed E-state index contributed by atoms with van der Waals surface area (Å²) in [5, 5.41) is 20.0. The molecule has 3 aromatic heterocycles. The van der Waals surface area contributed by atoms with E-state index < -0.39 is 23.5 Å². The number of pyridine rings is 1. The lowest BCUT2D eigenvalue weighted by Gasteiger charge is -2.29. The molecule has 1 amide bonds. The standard InChI is InChI=1S/C30H34F2N6O5/c1-4-37(29(39)40)26-12-24-22(14-33-26)28(18-13-34-36(15-18)16-21-17-41-30(2,3)43-21)35-38(24)19-8-10-20(11-9-19)42-25-7-5-6-23(31)27(25)32/h5-7,12-15,19-21H,4,8-11,16-17H2,1-3H3,(H,39,40)/t19?,20?,21-/m1/s1. The molecule has 13 heteroatoms. The van der Waals surface area contributed by atoms with E-state index in [-0.39, 0.29) is 30.5 Å². The van der Waals surface area contributed by atoms with Crippen LogP contribution in [0.1, 0.15) is 52.5 Å². The Bertz CT molecular complexity index is 1630. The molecule has 6 rings (SSSR count). The Kier molecular flexibility index (Phi) is 7.77. The van der Waals surface area contributed by atoms with E-state index in [1.165, 1.54) is 17.0 Å². The largest absolute Gasteiger partial charge is 0.487 e. The van der Waals surface area contributed by atoms with Gasteiger partial charge in [-0.15, -0.1) is 0 Å². The molecular formula is C30H34F2N6O5. The molecule has 43 heavy (non-hydrogen) atoms. The third-order valence-electron chi connectivity index (χ3n) is 7.97. The molecule has 1 aliphatic heterocycles. The number of ether oxygens (including phenoxy) is 3. The number of fused-ring (bicyclic) bond motifs is 1. The van der Waals surface area contributed by atoms with Gasteiger partial charge >= 0.3 is 6.09 Å². The van der Waals surface area contributed by atoms with Crippen molar-refractivity contribution in [3.05, 3.63) is 54.5 Å². The van der Waals surface area contributed by atoms with E-state index in [1.54, 1.807) is 30.1 Å². The van der Waals surface area contributed by atoms with Gasteiger partial charge in [-0.25, -0.2) is 14.2 Å². The third-order valence-corrected chi connectivity index (χ3v) is 7.97. The Balaban J connectivity index is 1.28. The predicted octanol–water partition coefficient (Wildman–Crippen LogP) is 5.79. The molecule has 2 aliphatic rings.